The quantitative estimate of drug-likeness (QED) is 0.362. The Morgan fingerprint density at radius 2 is 1.61 bits per heavy atom. The number of unbranched alkanes of at least 4 members (excludes halogenated alkanes) is 1. The largest absolute Gasteiger partial charge is 0.412 e. The first kappa shape index (κ1) is 24.6. The number of rotatable bonds is 10. The molecule has 0 saturated carbocycles. The Labute approximate surface area is 200 Å². The molecule has 3 nitrogen and oxygen atoms in total. The van der Waals surface area contributed by atoms with Crippen LogP contribution in [0, 0.1) is 0 Å². The normalized spacial score (nSPS) is 14.9. The van der Waals surface area contributed by atoms with Crippen molar-refractivity contribution >= 4 is 0 Å². The standard InChI is InChI=1S/C30H34N2.H2O.H2/c1-2-5-14-26(13-4-1)18-12-19-27-22-23-30(29-21-10-11-24-31-29)32-28(27)20-9-8-17-25-15-6-3-7-16-25;;/h1-2,4,6,10-11,13-16,21-24H,3,5,7-9,12,17-20H2;1H2;1H. The lowest BCUT2D eigenvalue weighted by Crippen LogP contribution is -2.01. The molecule has 2 aliphatic carbocycles. The molecule has 174 valence electrons. The smallest absolute Gasteiger partial charge is 0.0889 e. The first-order valence-corrected chi connectivity index (χ1v) is 12.2. The van der Waals surface area contributed by atoms with Gasteiger partial charge in [-0.25, -0.2) is 0 Å². The van der Waals surface area contributed by atoms with Gasteiger partial charge in [-0.3, -0.25) is 9.97 Å². The van der Waals surface area contributed by atoms with E-state index in [1.165, 1.54) is 54.5 Å². The molecule has 0 radical (unpaired) electrons. The molecule has 2 N–H and O–H groups in total. The van der Waals surface area contributed by atoms with Gasteiger partial charge in [0.25, 0.3) is 0 Å². The van der Waals surface area contributed by atoms with Gasteiger partial charge in [0.05, 0.1) is 11.4 Å². The third kappa shape index (κ3) is 7.80. The maximum atomic E-state index is 5.08. The van der Waals surface area contributed by atoms with E-state index in [2.05, 4.69) is 65.7 Å². The van der Waals surface area contributed by atoms with Crippen molar-refractivity contribution in [1.82, 2.24) is 9.97 Å². The van der Waals surface area contributed by atoms with E-state index in [4.69, 9.17) is 4.98 Å². The molecule has 2 aliphatic rings. The lowest BCUT2D eigenvalue weighted by Gasteiger charge is -2.12. The Balaban J connectivity index is 0.00000204. The SMILES string of the molecule is C1=CCC=C(CCCc2ccc(-c3ccccn3)nc2CCCCC2=CCCC=C2)C=C1.O.[HH]. The first-order chi connectivity index (χ1) is 15.9. The second-order valence-corrected chi connectivity index (χ2v) is 8.64. The van der Waals surface area contributed by atoms with E-state index in [0.717, 1.165) is 43.5 Å². The zero-order chi connectivity index (χ0) is 21.8. The third-order valence-electron chi connectivity index (χ3n) is 6.18. The van der Waals surface area contributed by atoms with Gasteiger partial charge in [-0.05, 0) is 88.0 Å². The van der Waals surface area contributed by atoms with Crippen LogP contribution >= 0.6 is 0 Å². The minimum absolute atomic E-state index is 0. The van der Waals surface area contributed by atoms with Crippen molar-refractivity contribution in [3.63, 3.8) is 0 Å². The Hall–Kier alpha value is -3.04. The molecule has 0 spiro atoms. The van der Waals surface area contributed by atoms with Gasteiger partial charge in [0.15, 0.2) is 0 Å². The minimum atomic E-state index is 0. The van der Waals surface area contributed by atoms with Crippen LogP contribution in [0.3, 0.4) is 0 Å². The fourth-order valence-corrected chi connectivity index (χ4v) is 4.40. The molecular weight excluding hydrogens is 404 g/mol. The minimum Gasteiger partial charge on any atom is -0.412 e. The van der Waals surface area contributed by atoms with Gasteiger partial charge < -0.3 is 5.48 Å². The molecule has 33 heavy (non-hydrogen) atoms. The Bertz CT molecular complexity index is 1040. The first-order valence-electron chi connectivity index (χ1n) is 12.2. The molecule has 0 fully saturated rings. The summed E-state index contributed by atoms with van der Waals surface area (Å²) in [6.45, 7) is 0. The predicted octanol–water partition coefficient (Wildman–Crippen LogP) is 7.32. The number of aromatic nitrogens is 2. The number of hydrogen-bond donors (Lipinski definition) is 0. The Kier molecular flexibility index (Phi) is 10.1. The van der Waals surface area contributed by atoms with Gasteiger partial charge in [-0.1, -0.05) is 71.9 Å². The van der Waals surface area contributed by atoms with Crippen LogP contribution in [0.25, 0.3) is 11.4 Å². The van der Waals surface area contributed by atoms with Crippen LogP contribution in [0.15, 0.2) is 96.3 Å². The van der Waals surface area contributed by atoms with Gasteiger partial charge in [0, 0.05) is 13.3 Å². The summed E-state index contributed by atoms with van der Waals surface area (Å²) in [5.74, 6) is 0. The fourth-order valence-electron chi connectivity index (χ4n) is 4.40. The van der Waals surface area contributed by atoms with E-state index in [1.807, 2.05) is 24.4 Å². The topological polar surface area (TPSA) is 57.3 Å². The van der Waals surface area contributed by atoms with Crippen molar-refractivity contribution in [1.29, 1.82) is 0 Å². The molecule has 0 unspecified atom stereocenters. The zero-order valence-corrected chi connectivity index (χ0v) is 19.5. The van der Waals surface area contributed by atoms with Gasteiger partial charge in [-0.2, -0.15) is 0 Å². The Morgan fingerprint density at radius 1 is 0.727 bits per heavy atom. The van der Waals surface area contributed by atoms with Crippen LogP contribution in [0.4, 0.5) is 0 Å². The zero-order valence-electron chi connectivity index (χ0n) is 19.5. The summed E-state index contributed by atoms with van der Waals surface area (Å²) in [6.07, 6.45) is 31.4. The van der Waals surface area contributed by atoms with Crippen molar-refractivity contribution < 1.29 is 6.90 Å². The molecule has 3 heteroatoms. The summed E-state index contributed by atoms with van der Waals surface area (Å²) in [4.78, 5) is 9.59. The van der Waals surface area contributed by atoms with Gasteiger partial charge in [0.2, 0.25) is 0 Å². The summed E-state index contributed by atoms with van der Waals surface area (Å²) in [5, 5.41) is 0. The molecule has 0 bridgehead atoms. The van der Waals surface area contributed by atoms with Crippen LogP contribution in [0.1, 0.15) is 64.1 Å². The van der Waals surface area contributed by atoms with E-state index in [0.29, 0.717) is 0 Å². The van der Waals surface area contributed by atoms with E-state index in [1.54, 1.807) is 0 Å². The highest BCUT2D eigenvalue weighted by molar-refractivity contribution is 5.54. The second kappa shape index (κ2) is 13.5. The van der Waals surface area contributed by atoms with Crippen LogP contribution in [0.2, 0.25) is 0 Å². The maximum absolute atomic E-state index is 5.08. The van der Waals surface area contributed by atoms with E-state index in [-0.39, 0.29) is 6.90 Å². The van der Waals surface area contributed by atoms with Crippen LogP contribution in [-0.4, -0.2) is 15.4 Å². The number of pyridine rings is 2. The average Bonchev–Trinajstić information content (AvgIpc) is 3.13. The van der Waals surface area contributed by atoms with Crippen molar-refractivity contribution in [3.05, 3.63) is 108 Å². The second-order valence-electron chi connectivity index (χ2n) is 8.64. The molecule has 2 aromatic heterocycles. The van der Waals surface area contributed by atoms with Crippen LogP contribution in [0.5, 0.6) is 0 Å². The summed E-state index contributed by atoms with van der Waals surface area (Å²) in [5.41, 5.74) is 7.56. The molecule has 4 rings (SSSR count). The summed E-state index contributed by atoms with van der Waals surface area (Å²) in [7, 11) is 0. The summed E-state index contributed by atoms with van der Waals surface area (Å²) in [6, 6.07) is 10.5. The summed E-state index contributed by atoms with van der Waals surface area (Å²) < 4.78 is 0. The monoisotopic (exact) mass is 442 g/mol. The van der Waals surface area contributed by atoms with E-state index < -0.39 is 0 Å². The van der Waals surface area contributed by atoms with Gasteiger partial charge >= 0.3 is 0 Å². The van der Waals surface area contributed by atoms with Crippen LogP contribution in [-0.2, 0) is 12.8 Å². The Morgan fingerprint density at radius 3 is 2.45 bits per heavy atom. The molecular formula is C30H38N2O. The van der Waals surface area contributed by atoms with Crippen LogP contribution < -0.4 is 0 Å². The maximum Gasteiger partial charge on any atom is 0.0889 e. The van der Waals surface area contributed by atoms with Crippen molar-refractivity contribution in [2.24, 2.45) is 0 Å². The highest BCUT2D eigenvalue weighted by atomic mass is 16.0. The average molecular weight is 443 g/mol. The number of nitrogens with zero attached hydrogens (tertiary/aromatic N) is 2. The van der Waals surface area contributed by atoms with Crippen molar-refractivity contribution in [3.8, 4) is 11.4 Å². The van der Waals surface area contributed by atoms with Gasteiger partial charge in [0.1, 0.15) is 0 Å². The molecule has 0 atom stereocenters. The lowest BCUT2D eigenvalue weighted by atomic mass is 9.97. The van der Waals surface area contributed by atoms with Crippen molar-refractivity contribution in [2.45, 2.75) is 64.2 Å². The van der Waals surface area contributed by atoms with Gasteiger partial charge in [-0.15, -0.1) is 0 Å². The highest BCUT2D eigenvalue weighted by Crippen LogP contribution is 2.23. The molecule has 0 amide bonds. The fraction of sp³-hybridized carbons (Fsp3) is 0.333. The number of hydrogen-bond acceptors (Lipinski definition) is 2. The third-order valence-corrected chi connectivity index (χ3v) is 6.18. The molecule has 0 aromatic carbocycles. The molecule has 2 aromatic rings. The van der Waals surface area contributed by atoms with E-state index >= 15 is 0 Å². The molecule has 0 saturated heterocycles. The lowest BCUT2D eigenvalue weighted by molar-refractivity contribution is 0.708. The van der Waals surface area contributed by atoms with E-state index in [9.17, 15) is 0 Å². The molecule has 2 heterocycles. The highest BCUT2D eigenvalue weighted by Gasteiger charge is 2.09. The van der Waals surface area contributed by atoms with Crippen molar-refractivity contribution in [2.75, 3.05) is 0 Å². The number of allylic oxidation sites excluding steroid dienone is 10. The summed E-state index contributed by atoms with van der Waals surface area (Å²) >= 11 is 0. The molecule has 0 aliphatic heterocycles. The predicted molar refractivity (Wildman–Crippen MR) is 141 cm³/mol. The number of aryl methyl sites for hydroxylation is 2.